The Morgan fingerprint density at radius 2 is 1.90 bits per heavy atom. The molecule has 0 bridgehead atoms. The Morgan fingerprint density at radius 3 is 2.62 bits per heavy atom. The molecule has 0 saturated carbocycles. The number of hydrogen-bond donors (Lipinski definition) is 1. The predicted molar refractivity (Wildman–Crippen MR) is 89.4 cm³/mol. The summed E-state index contributed by atoms with van der Waals surface area (Å²) in [4.78, 5) is 1.09. The standard InChI is InChI=1S/C17H19ClFNS/c1-12(2)20-10-14-9-15(19)7-8-17(14)21-11-13-5-3-4-6-16(13)18/h3-9,12,20H,10-11H2,1-2H3. The molecule has 2 rings (SSSR count). The Balaban J connectivity index is 2.10. The van der Waals surface area contributed by atoms with Crippen LogP contribution in [0.5, 0.6) is 0 Å². The number of halogens is 2. The zero-order chi connectivity index (χ0) is 15.2. The first kappa shape index (κ1) is 16.3. The Bertz CT molecular complexity index is 601. The number of benzene rings is 2. The molecule has 0 aromatic heterocycles. The van der Waals surface area contributed by atoms with Crippen molar-refractivity contribution in [2.75, 3.05) is 0 Å². The zero-order valence-corrected chi connectivity index (χ0v) is 13.8. The molecule has 0 atom stereocenters. The third kappa shape index (κ3) is 5.03. The average Bonchev–Trinajstić information content (AvgIpc) is 2.45. The van der Waals surface area contributed by atoms with E-state index >= 15 is 0 Å². The van der Waals surface area contributed by atoms with Crippen molar-refractivity contribution in [1.82, 2.24) is 5.32 Å². The van der Waals surface area contributed by atoms with Crippen molar-refractivity contribution in [3.05, 3.63) is 64.4 Å². The minimum Gasteiger partial charge on any atom is -0.310 e. The highest BCUT2D eigenvalue weighted by molar-refractivity contribution is 7.98. The van der Waals surface area contributed by atoms with Gasteiger partial charge in [0.15, 0.2) is 0 Å². The van der Waals surface area contributed by atoms with Crippen LogP contribution in [0.2, 0.25) is 5.02 Å². The van der Waals surface area contributed by atoms with E-state index < -0.39 is 0 Å². The molecule has 1 N–H and O–H groups in total. The molecule has 112 valence electrons. The van der Waals surface area contributed by atoms with Gasteiger partial charge in [-0.2, -0.15) is 0 Å². The van der Waals surface area contributed by atoms with E-state index in [1.165, 1.54) is 6.07 Å². The van der Waals surface area contributed by atoms with Crippen LogP contribution < -0.4 is 5.32 Å². The van der Waals surface area contributed by atoms with E-state index in [0.29, 0.717) is 12.6 Å². The lowest BCUT2D eigenvalue weighted by Gasteiger charge is -2.13. The topological polar surface area (TPSA) is 12.0 Å². The van der Waals surface area contributed by atoms with Gasteiger partial charge in [0, 0.05) is 28.3 Å². The van der Waals surface area contributed by atoms with Gasteiger partial charge in [-0.1, -0.05) is 43.6 Å². The van der Waals surface area contributed by atoms with Crippen LogP contribution in [0.15, 0.2) is 47.4 Å². The van der Waals surface area contributed by atoms with Gasteiger partial charge in [0.1, 0.15) is 5.82 Å². The van der Waals surface area contributed by atoms with Gasteiger partial charge in [-0.05, 0) is 35.4 Å². The second-order valence-electron chi connectivity index (χ2n) is 5.17. The predicted octanol–water partition coefficient (Wildman–Crippen LogP) is 5.27. The molecule has 0 heterocycles. The molecular weight excluding hydrogens is 305 g/mol. The van der Waals surface area contributed by atoms with E-state index in [1.807, 2.05) is 30.3 Å². The van der Waals surface area contributed by atoms with Gasteiger partial charge in [-0.3, -0.25) is 0 Å². The summed E-state index contributed by atoms with van der Waals surface area (Å²) in [7, 11) is 0. The minimum atomic E-state index is -0.197. The first-order valence-corrected chi connectivity index (χ1v) is 8.30. The van der Waals surface area contributed by atoms with Crippen molar-refractivity contribution in [3.8, 4) is 0 Å². The normalized spacial score (nSPS) is 11.1. The summed E-state index contributed by atoms with van der Waals surface area (Å²) in [6.07, 6.45) is 0. The monoisotopic (exact) mass is 323 g/mol. The van der Waals surface area contributed by atoms with Crippen LogP contribution >= 0.6 is 23.4 Å². The van der Waals surface area contributed by atoms with Gasteiger partial charge < -0.3 is 5.32 Å². The van der Waals surface area contributed by atoms with Crippen molar-refractivity contribution in [2.24, 2.45) is 0 Å². The molecule has 1 nitrogen and oxygen atoms in total. The van der Waals surface area contributed by atoms with E-state index in [1.54, 1.807) is 17.8 Å². The van der Waals surface area contributed by atoms with Crippen LogP contribution in [0.1, 0.15) is 25.0 Å². The molecule has 0 unspecified atom stereocenters. The van der Waals surface area contributed by atoms with Crippen LogP contribution in [0.3, 0.4) is 0 Å². The third-order valence-corrected chi connectivity index (χ3v) is 4.60. The first-order valence-electron chi connectivity index (χ1n) is 6.94. The van der Waals surface area contributed by atoms with Gasteiger partial charge >= 0.3 is 0 Å². The maximum absolute atomic E-state index is 13.4. The molecule has 0 aliphatic carbocycles. The summed E-state index contributed by atoms with van der Waals surface area (Å²) in [6.45, 7) is 4.83. The van der Waals surface area contributed by atoms with Gasteiger partial charge in [-0.25, -0.2) is 4.39 Å². The van der Waals surface area contributed by atoms with E-state index in [2.05, 4.69) is 19.2 Å². The summed E-state index contributed by atoms with van der Waals surface area (Å²) in [5.41, 5.74) is 2.08. The lowest BCUT2D eigenvalue weighted by atomic mass is 10.2. The Morgan fingerprint density at radius 1 is 1.14 bits per heavy atom. The van der Waals surface area contributed by atoms with Gasteiger partial charge in [0.05, 0.1) is 0 Å². The van der Waals surface area contributed by atoms with E-state index in [9.17, 15) is 4.39 Å². The summed E-state index contributed by atoms with van der Waals surface area (Å²) in [5, 5.41) is 4.11. The van der Waals surface area contributed by atoms with Crippen LogP contribution in [0.4, 0.5) is 4.39 Å². The van der Waals surface area contributed by atoms with Crippen LogP contribution in [0.25, 0.3) is 0 Å². The molecule has 0 aliphatic rings. The summed E-state index contributed by atoms with van der Waals surface area (Å²) in [6, 6.07) is 13.1. The Hall–Kier alpha value is -1.03. The van der Waals surface area contributed by atoms with Crippen LogP contribution in [-0.2, 0) is 12.3 Å². The quantitative estimate of drug-likeness (QED) is 0.727. The fourth-order valence-corrected chi connectivity index (χ4v) is 3.24. The van der Waals surface area contributed by atoms with Crippen molar-refractivity contribution in [1.29, 1.82) is 0 Å². The lowest BCUT2D eigenvalue weighted by molar-refractivity contribution is 0.576. The molecule has 0 fully saturated rings. The lowest BCUT2D eigenvalue weighted by Crippen LogP contribution is -2.22. The highest BCUT2D eigenvalue weighted by Crippen LogP contribution is 2.29. The molecular formula is C17H19ClFNS. The molecule has 0 saturated heterocycles. The summed E-state index contributed by atoms with van der Waals surface area (Å²) in [5.74, 6) is 0.581. The number of hydrogen-bond acceptors (Lipinski definition) is 2. The molecule has 21 heavy (non-hydrogen) atoms. The molecule has 0 aliphatic heterocycles. The van der Waals surface area contributed by atoms with Crippen molar-refractivity contribution in [2.45, 2.75) is 37.1 Å². The summed E-state index contributed by atoms with van der Waals surface area (Å²) >= 11 is 7.86. The number of rotatable bonds is 6. The molecule has 2 aromatic carbocycles. The fourth-order valence-electron chi connectivity index (χ4n) is 1.91. The fraction of sp³-hybridized carbons (Fsp3) is 0.294. The van der Waals surface area contributed by atoms with Crippen molar-refractivity contribution < 1.29 is 4.39 Å². The SMILES string of the molecule is CC(C)NCc1cc(F)ccc1SCc1ccccc1Cl. The maximum Gasteiger partial charge on any atom is 0.123 e. The largest absolute Gasteiger partial charge is 0.310 e. The average molecular weight is 324 g/mol. The van der Waals surface area contributed by atoms with E-state index in [4.69, 9.17) is 11.6 Å². The zero-order valence-electron chi connectivity index (χ0n) is 12.2. The van der Waals surface area contributed by atoms with Gasteiger partial charge in [0.2, 0.25) is 0 Å². The van der Waals surface area contributed by atoms with Crippen LogP contribution in [0, 0.1) is 5.82 Å². The number of nitrogens with one attached hydrogen (secondary N) is 1. The molecule has 4 heteroatoms. The highest BCUT2D eigenvalue weighted by atomic mass is 35.5. The smallest absolute Gasteiger partial charge is 0.123 e. The Labute approximate surface area is 134 Å². The second kappa shape index (κ2) is 7.83. The van der Waals surface area contributed by atoms with Crippen molar-refractivity contribution in [3.63, 3.8) is 0 Å². The molecule has 0 radical (unpaired) electrons. The highest BCUT2D eigenvalue weighted by Gasteiger charge is 2.07. The van der Waals surface area contributed by atoms with Crippen LogP contribution in [-0.4, -0.2) is 6.04 Å². The van der Waals surface area contributed by atoms with Gasteiger partial charge in [-0.15, -0.1) is 11.8 Å². The van der Waals surface area contributed by atoms with E-state index in [0.717, 1.165) is 26.8 Å². The maximum atomic E-state index is 13.4. The first-order chi connectivity index (χ1) is 10.1. The van der Waals surface area contributed by atoms with Crippen molar-refractivity contribution >= 4 is 23.4 Å². The molecule has 2 aromatic rings. The third-order valence-electron chi connectivity index (χ3n) is 3.06. The summed E-state index contributed by atoms with van der Waals surface area (Å²) < 4.78 is 13.4. The molecule has 0 spiro atoms. The second-order valence-corrected chi connectivity index (χ2v) is 6.59. The number of thioether (sulfide) groups is 1. The van der Waals surface area contributed by atoms with E-state index in [-0.39, 0.29) is 5.82 Å². The molecule has 0 amide bonds. The minimum absolute atomic E-state index is 0.197. The Kier molecular flexibility index (Phi) is 6.09. The van der Waals surface area contributed by atoms with Gasteiger partial charge in [0.25, 0.3) is 0 Å².